The Labute approximate surface area is 145 Å². The molecule has 1 aliphatic heterocycles. The summed E-state index contributed by atoms with van der Waals surface area (Å²) in [7, 11) is 1.63. The molecular formula is C18H31N5O. The topological polar surface area (TPSA) is 61.8 Å². The summed E-state index contributed by atoms with van der Waals surface area (Å²) in [5.41, 5.74) is 0.898. The predicted molar refractivity (Wildman–Crippen MR) is 98.4 cm³/mol. The van der Waals surface area contributed by atoms with E-state index in [-0.39, 0.29) is 0 Å². The number of aliphatic imine (C=N–C) groups is 1. The fourth-order valence-corrected chi connectivity index (χ4v) is 2.93. The molecule has 6 nitrogen and oxygen atoms in total. The summed E-state index contributed by atoms with van der Waals surface area (Å²) in [4.78, 5) is 11.6. The van der Waals surface area contributed by atoms with Crippen LogP contribution in [0, 0.1) is 5.92 Å². The van der Waals surface area contributed by atoms with E-state index >= 15 is 0 Å². The number of nitrogens with zero attached hydrogens (tertiary/aromatic N) is 3. The van der Waals surface area contributed by atoms with Gasteiger partial charge in [-0.2, -0.15) is 0 Å². The van der Waals surface area contributed by atoms with E-state index in [0.29, 0.717) is 30.4 Å². The van der Waals surface area contributed by atoms with Crippen molar-refractivity contribution >= 4 is 5.96 Å². The SMILES string of the molecule is CCNC(=NCc1cccc(OC)n1)NC1CN(C(C)C)CC1C. The van der Waals surface area contributed by atoms with Crippen LogP contribution in [0.15, 0.2) is 23.2 Å². The first-order chi connectivity index (χ1) is 11.5. The van der Waals surface area contributed by atoms with E-state index in [1.165, 1.54) is 0 Å². The molecule has 0 amide bonds. The number of methoxy groups -OCH3 is 1. The fraction of sp³-hybridized carbons (Fsp3) is 0.667. The molecule has 0 aromatic carbocycles. The zero-order valence-electron chi connectivity index (χ0n) is 15.5. The monoisotopic (exact) mass is 333 g/mol. The number of rotatable bonds is 6. The van der Waals surface area contributed by atoms with Crippen molar-refractivity contribution in [3.05, 3.63) is 23.9 Å². The average molecular weight is 333 g/mol. The van der Waals surface area contributed by atoms with Crippen LogP contribution in [0.5, 0.6) is 5.88 Å². The number of likely N-dealkylation sites (tertiary alicyclic amines) is 1. The number of hydrogen-bond donors (Lipinski definition) is 2. The first-order valence-electron chi connectivity index (χ1n) is 8.82. The van der Waals surface area contributed by atoms with Crippen LogP contribution in [-0.2, 0) is 6.54 Å². The lowest BCUT2D eigenvalue weighted by Gasteiger charge is -2.21. The van der Waals surface area contributed by atoms with E-state index in [9.17, 15) is 0 Å². The summed E-state index contributed by atoms with van der Waals surface area (Å²) in [5.74, 6) is 2.08. The molecule has 0 saturated carbocycles. The van der Waals surface area contributed by atoms with Gasteiger partial charge in [0, 0.05) is 37.8 Å². The molecule has 134 valence electrons. The van der Waals surface area contributed by atoms with Crippen molar-refractivity contribution in [1.82, 2.24) is 20.5 Å². The molecule has 0 spiro atoms. The Hall–Kier alpha value is -1.82. The van der Waals surface area contributed by atoms with Crippen molar-refractivity contribution in [2.75, 3.05) is 26.7 Å². The van der Waals surface area contributed by atoms with E-state index in [2.05, 4.69) is 53.2 Å². The van der Waals surface area contributed by atoms with Crippen molar-refractivity contribution in [3.63, 3.8) is 0 Å². The van der Waals surface area contributed by atoms with Gasteiger partial charge in [0.2, 0.25) is 5.88 Å². The van der Waals surface area contributed by atoms with Gasteiger partial charge in [-0.1, -0.05) is 13.0 Å². The number of nitrogens with one attached hydrogen (secondary N) is 2. The van der Waals surface area contributed by atoms with Gasteiger partial charge in [-0.25, -0.2) is 9.98 Å². The standard InChI is InChI=1S/C18H31N5O/c1-6-19-18(20-10-15-8-7-9-17(21-15)24-5)22-16-12-23(13(2)3)11-14(16)4/h7-9,13-14,16H,6,10-12H2,1-5H3,(H2,19,20,22). The average Bonchev–Trinajstić information content (AvgIpc) is 2.94. The van der Waals surface area contributed by atoms with Gasteiger partial charge in [-0.05, 0) is 32.8 Å². The van der Waals surface area contributed by atoms with Gasteiger partial charge in [0.05, 0.1) is 19.3 Å². The van der Waals surface area contributed by atoms with E-state index in [1.807, 2.05) is 18.2 Å². The third-order valence-corrected chi connectivity index (χ3v) is 4.43. The minimum atomic E-state index is 0.420. The first kappa shape index (κ1) is 18.5. The molecule has 24 heavy (non-hydrogen) atoms. The Kier molecular flexibility index (Phi) is 6.85. The molecule has 2 unspecified atom stereocenters. The summed E-state index contributed by atoms with van der Waals surface area (Å²) in [6, 6.07) is 6.76. The molecular weight excluding hydrogens is 302 g/mol. The highest BCUT2D eigenvalue weighted by Crippen LogP contribution is 2.18. The van der Waals surface area contributed by atoms with Crippen LogP contribution in [0.25, 0.3) is 0 Å². The quantitative estimate of drug-likeness (QED) is 0.615. The number of aromatic nitrogens is 1. The second-order valence-corrected chi connectivity index (χ2v) is 6.64. The summed E-state index contributed by atoms with van der Waals surface area (Å²) in [6.45, 7) is 12.4. The van der Waals surface area contributed by atoms with Gasteiger partial charge in [0.25, 0.3) is 0 Å². The Morgan fingerprint density at radius 1 is 1.42 bits per heavy atom. The van der Waals surface area contributed by atoms with Crippen LogP contribution in [-0.4, -0.2) is 54.7 Å². The lowest BCUT2D eigenvalue weighted by atomic mass is 10.1. The molecule has 1 aromatic heterocycles. The van der Waals surface area contributed by atoms with Crippen LogP contribution in [0.2, 0.25) is 0 Å². The molecule has 1 aromatic rings. The van der Waals surface area contributed by atoms with Gasteiger partial charge in [-0.15, -0.1) is 0 Å². The van der Waals surface area contributed by atoms with Gasteiger partial charge in [0.1, 0.15) is 0 Å². The molecule has 2 heterocycles. The highest BCUT2D eigenvalue weighted by atomic mass is 16.5. The maximum atomic E-state index is 5.17. The van der Waals surface area contributed by atoms with Gasteiger partial charge < -0.3 is 15.4 Å². The molecule has 2 atom stereocenters. The zero-order valence-corrected chi connectivity index (χ0v) is 15.5. The Bertz CT molecular complexity index is 546. The molecule has 2 rings (SSSR count). The molecule has 1 aliphatic rings. The van der Waals surface area contributed by atoms with Crippen molar-refractivity contribution in [2.45, 2.75) is 46.3 Å². The smallest absolute Gasteiger partial charge is 0.213 e. The van der Waals surface area contributed by atoms with Crippen molar-refractivity contribution < 1.29 is 4.74 Å². The molecule has 2 N–H and O–H groups in total. The maximum Gasteiger partial charge on any atom is 0.213 e. The van der Waals surface area contributed by atoms with Crippen LogP contribution in [0.1, 0.15) is 33.4 Å². The van der Waals surface area contributed by atoms with Crippen LogP contribution in [0.3, 0.4) is 0 Å². The second kappa shape index (κ2) is 8.87. The van der Waals surface area contributed by atoms with Crippen LogP contribution >= 0.6 is 0 Å². The highest BCUT2D eigenvalue weighted by molar-refractivity contribution is 5.80. The summed E-state index contributed by atoms with van der Waals surface area (Å²) in [6.07, 6.45) is 0. The summed E-state index contributed by atoms with van der Waals surface area (Å²) >= 11 is 0. The Balaban J connectivity index is 2.00. The molecule has 0 radical (unpaired) electrons. The number of ether oxygens (including phenoxy) is 1. The third-order valence-electron chi connectivity index (χ3n) is 4.43. The van der Waals surface area contributed by atoms with Crippen LogP contribution < -0.4 is 15.4 Å². The minimum Gasteiger partial charge on any atom is -0.481 e. The van der Waals surface area contributed by atoms with Gasteiger partial charge in [0.15, 0.2) is 5.96 Å². The normalized spacial score (nSPS) is 22.0. The number of guanidine groups is 1. The number of pyridine rings is 1. The molecule has 1 saturated heterocycles. The zero-order chi connectivity index (χ0) is 17.5. The van der Waals surface area contributed by atoms with E-state index in [0.717, 1.165) is 31.3 Å². The largest absolute Gasteiger partial charge is 0.481 e. The van der Waals surface area contributed by atoms with E-state index in [1.54, 1.807) is 7.11 Å². The minimum absolute atomic E-state index is 0.420. The fourth-order valence-electron chi connectivity index (χ4n) is 2.93. The summed E-state index contributed by atoms with van der Waals surface area (Å²) < 4.78 is 5.17. The second-order valence-electron chi connectivity index (χ2n) is 6.64. The maximum absolute atomic E-state index is 5.17. The van der Waals surface area contributed by atoms with E-state index in [4.69, 9.17) is 4.74 Å². The number of hydrogen-bond acceptors (Lipinski definition) is 4. The van der Waals surface area contributed by atoms with Crippen molar-refractivity contribution in [1.29, 1.82) is 0 Å². The predicted octanol–water partition coefficient (Wildman–Crippen LogP) is 1.87. The van der Waals surface area contributed by atoms with E-state index < -0.39 is 0 Å². The Morgan fingerprint density at radius 3 is 2.83 bits per heavy atom. The summed E-state index contributed by atoms with van der Waals surface area (Å²) in [5, 5.41) is 6.92. The molecule has 6 heteroatoms. The first-order valence-corrected chi connectivity index (χ1v) is 8.82. The third kappa shape index (κ3) is 5.09. The van der Waals surface area contributed by atoms with Crippen molar-refractivity contribution in [2.24, 2.45) is 10.9 Å². The molecule has 0 bridgehead atoms. The van der Waals surface area contributed by atoms with Crippen LogP contribution in [0.4, 0.5) is 0 Å². The lowest BCUT2D eigenvalue weighted by molar-refractivity contribution is 0.265. The van der Waals surface area contributed by atoms with Gasteiger partial charge in [-0.3, -0.25) is 4.90 Å². The molecule has 0 aliphatic carbocycles. The highest BCUT2D eigenvalue weighted by Gasteiger charge is 2.31. The van der Waals surface area contributed by atoms with Crippen molar-refractivity contribution in [3.8, 4) is 5.88 Å². The Morgan fingerprint density at radius 2 is 2.21 bits per heavy atom. The van der Waals surface area contributed by atoms with Gasteiger partial charge >= 0.3 is 0 Å². The molecule has 1 fully saturated rings. The lowest BCUT2D eigenvalue weighted by Crippen LogP contribution is -2.46.